The highest BCUT2D eigenvalue weighted by Crippen LogP contribution is 2.68. The lowest BCUT2D eigenvalue weighted by molar-refractivity contribution is -0.188. The van der Waals surface area contributed by atoms with E-state index in [-0.39, 0.29) is 24.5 Å². The quantitative estimate of drug-likeness (QED) is 0.541. The van der Waals surface area contributed by atoms with Crippen LogP contribution in [0.2, 0.25) is 0 Å². The van der Waals surface area contributed by atoms with Crippen LogP contribution in [0, 0.1) is 22.7 Å². The lowest BCUT2D eigenvalue weighted by Gasteiger charge is -2.61. The van der Waals surface area contributed by atoms with Crippen molar-refractivity contribution in [1.82, 2.24) is 0 Å². The molecule has 29 heavy (non-hydrogen) atoms. The van der Waals surface area contributed by atoms with Crippen molar-refractivity contribution in [2.24, 2.45) is 28.4 Å². The van der Waals surface area contributed by atoms with Crippen LogP contribution < -0.4 is 5.73 Å². The van der Waals surface area contributed by atoms with Gasteiger partial charge in [-0.05, 0) is 57.1 Å². The second kappa shape index (κ2) is 6.30. The van der Waals surface area contributed by atoms with Gasteiger partial charge in [0.25, 0.3) is 0 Å². The Hall–Kier alpha value is -1.41. The Kier molecular flexibility index (Phi) is 4.53. The van der Waals surface area contributed by atoms with Gasteiger partial charge in [0, 0.05) is 16.7 Å². The number of aliphatic hydroxyl groups excluding tert-OH is 2. The molecule has 3 fully saturated rings. The molecule has 6 nitrogen and oxygen atoms in total. The molecule has 4 aliphatic carbocycles. The van der Waals surface area contributed by atoms with Gasteiger partial charge in [0.05, 0.1) is 18.8 Å². The number of nitrogens with two attached hydrogens (primary N) is 1. The maximum Gasteiger partial charge on any atom is 0.180 e. The van der Waals surface area contributed by atoms with Gasteiger partial charge in [0.2, 0.25) is 0 Å². The molecule has 0 aliphatic heterocycles. The zero-order chi connectivity index (χ0) is 21.4. The zero-order valence-electron chi connectivity index (χ0n) is 16.9. The molecule has 5 N–H and O–H groups in total. The number of carbonyl (C=O) groups is 2. The van der Waals surface area contributed by atoms with Gasteiger partial charge in [0.15, 0.2) is 22.8 Å². The molecule has 0 saturated heterocycles. The molecule has 160 valence electrons. The van der Waals surface area contributed by atoms with Gasteiger partial charge in [-0.15, -0.1) is 0 Å². The predicted molar refractivity (Wildman–Crippen MR) is 103 cm³/mol. The maximum absolute atomic E-state index is 17.3. The average Bonchev–Trinajstić information content (AvgIpc) is 2.75. The van der Waals surface area contributed by atoms with Crippen LogP contribution in [0.4, 0.5) is 4.39 Å². The van der Waals surface area contributed by atoms with Crippen LogP contribution in [0.1, 0.15) is 46.0 Å². The summed E-state index contributed by atoms with van der Waals surface area (Å²) in [5.74, 6) is -1.99. The lowest BCUT2D eigenvalue weighted by atomic mass is 9.45. The van der Waals surface area contributed by atoms with E-state index in [1.807, 2.05) is 0 Å². The molecular weight excluding hydrogens is 377 g/mol. The topological polar surface area (TPSA) is 121 Å². The van der Waals surface area contributed by atoms with Gasteiger partial charge in [-0.1, -0.05) is 18.6 Å². The summed E-state index contributed by atoms with van der Waals surface area (Å²) in [4.78, 5) is 24.4. The van der Waals surface area contributed by atoms with Crippen LogP contribution in [0.25, 0.3) is 0 Å². The molecule has 0 spiro atoms. The number of carbonyl (C=O) groups excluding carboxylic acids is 2. The highest BCUT2D eigenvalue weighted by atomic mass is 19.1. The molecule has 7 heteroatoms. The van der Waals surface area contributed by atoms with E-state index < -0.39 is 52.6 Å². The molecule has 0 radical (unpaired) electrons. The Labute approximate surface area is 169 Å². The van der Waals surface area contributed by atoms with E-state index in [9.17, 15) is 24.9 Å². The van der Waals surface area contributed by atoms with Gasteiger partial charge in [-0.3, -0.25) is 9.59 Å². The average molecular weight is 407 g/mol. The number of fused-ring (bicyclic) bond motifs is 6. The van der Waals surface area contributed by atoms with E-state index in [0.29, 0.717) is 24.8 Å². The standard InChI is InChI=1S/C22H30FNO5/c1-19-6-4-15(25)8-12(19)3-5-20(2)13-7-14(10-17(27)22(19,20)23)21(29,16(26)9-13)18(28)11-24/h4,6,8,13-14,16-17,26-27,29H,3,5,7,9-11,24H2,1-2H3/t13?,14-,16+,17-,19-,20-,21-,22-/m0/s1. The smallest absolute Gasteiger partial charge is 0.180 e. The minimum atomic E-state index is -2.11. The van der Waals surface area contributed by atoms with Crippen LogP contribution in [-0.4, -0.2) is 56.9 Å². The summed E-state index contributed by atoms with van der Waals surface area (Å²) in [6, 6.07) is 0. The number of halogens is 1. The number of allylic oxidation sites excluding steroid dienone is 4. The molecule has 1 unspecified atom stereocenters. The summed E-state index contributed by atoms with van der Waals surface area (Å²) >= 11 is 0. The van der Waals surface area contributed by atoms with Crippen molar-refractivity contribution >= 4 is 11.6 Å². The molecule has 0 amide bonds. The number of hydrogen-bond acceptors (Lipinski definition) is 6. The van der Waals surface area contributed by atoms with Gasteiger partial charge in [-0.2, -0.15) is 0 Å². The Morgan fingerprint density at radius 1 is 1.21 bits per heavy atom. The van der Waals surface area contributed by atoms with Crippen LogP contribution in [0.15, 0.2) is 23.8 Å². The Morgan fingerprint density at radius 2 is 1.86 bits per heavy atom. The summed E-state index contributed by atoms with van der Waals surface area (Å²) in [6.45, 7) is 3.08. The summed E-state index contributed by atoms with van der Waals surface area (Å²) in [6.07, 6.45) is 2.71. The molecule has 0 aromatic heterocycles. The molecule has 4 rings (SSSR count). The van der Waals surface area contributed by atoms with E-state index in [4.69, 9.17) is 5.73 Å². The zero-order valence-corrected chi connectivity index (χ0v) is 16.9. The van der Waals surface area contributed by atoms with E-state index in [2.05, 4.69) is 0 Å². The number of ketones is 2. The number of alkyl halides is 1. The molecule has 8 atom stereocenters. The van der Waals surface area contributed by atoms with Crippen molar-refractivity contribution in [3.8, 4) is 0 Å². The molecule has 0 aromatic rings. The first-order valence-corrected chi connectivity index (χ1v) is 10.4. The fraction of sp³-hybridized carbons (Fsp3) is 0.727. The summed E-state index contributed by atoms with van der Waals surface area (Å²) in [7, 11) is 0. The third-order valence-corrected chi connectivity index (χ3v) is 8.77. The van der Waals surface area contributed by atoms with Crippen LogP contribution in [0.5, 0.6) is 0 Å². The maximum atomic E-state index is 17.3. The SMILES string of the molecule is C[C@]12C=CC(=O)C=C1CC[C@@]1(C)C3C[C@@H](C[C@H](O)[C@]21F)[C@@](O)(C(=O)CN)[C@H](O)C3. The van der Waals surface area contributed by atoms with Crippen molar-refractivity contribution < 1.29 is 29.3 Å². The molecule has 4 aliphatic rings. The fourth-order valence-corrected chi connectivity index (χ4v) is 6.96. The Morgan fingerprint density at radius 3 is 2.52 bits per heavy atom. The van der Waals surface area contributed by atoms with E-state index in [1.54, 1.807) is 19.9 Å². The number of rotatable bonds is 2. The summed E-state index contributed by atoms with van der Waals surface area (Å²) < 4.78 is 17.3. The van der Waals surface area contributed by atoms with Gasteiger partial charge in [-0.25, -0.2) is 4.39 Å². The van der Waals surface area contributed by atoms with Crippen LogP contribution in [0.3, 0.4) is 0 Å². The molecule has 2 bridgehead atoms. The third kappa shape index (κ3) is 2.36. The summed E-state index contributed by atoms with van der Waals surface area (Å²) in [5, 5.41) is 33.1. The molecule has 0 heterocycles. The minimum Gasteiger partial charge on any atom is -0.390 e. The van der Waals surface area contributed by atoms with E-state index >= 15 is 4.39 Å². The largest absolute Gasteiger partial charge is 0.390 e. The van der Waals surface area contributed by atoms with E-state index in [1.165, 1.54) is 12.2 Å². The summed E-state index contributed by atoms with van der Waals surface area (Å²) in [5.41, 5.74) is -0.222. The van der Waals surface area contributed by atoms with Crippen molar-refractivity contribution in [3.05, 3.63) is 23.8 Å². The highest BCUT2D eigenvalue weighted by molar-refractivity contribution is 6.01. The second-order valence-electron chi connectivity index (χ2n) is 9.82. The first-order chi connectivity index (χ1) is 13.4. The second-order valence-corrected chi connectivity index (χ2v) is 9.82. The molecule has 0 aromatic carbocycles. The normalized spacial score (nSPS) is 51.6. The van der Waals surface area contributed by atoms with Crippen LogP contribution >= 0.6 is 0 Å². The lowest BCUT2D eigenvalue weighted by Crippen LogP contribution is -2.66. The van der Waals surface area contributed by atoms with E-state index in [0.717, 1.165) is 0 Å². The molecule has 3 saturated carbocycles. The highest BCUT2D eigenvalue weighted by Gasteiger charge is 2.72. The Balaban J connectivity index is 1.86. The fourth-order valence-electron chi connectivity index (χ4n) is 6.96. The third-order valence-electron chi connectivity index (χ3n) is 8.77. The first-order valence-electron chi connectivity index (χ1n) is 10.4. The number of aliphatic hydroxyl groups is 3. The van der Waals surface area contributed by atoms with Crippen molar-refractivity contribution in [2.75, 3.05) is 6.54 Å². The van der Waals surface area contributed by atoms with Crippen LogP contribution in [-0.2, 0) is 9.59 Å². The van der Waals surface area contributed by atoms with Gasteiger partial charge in [0.1, 0.15) is 0 Å². The van der Waals surface area contributed by atoms with Crippen molar-refractivity contribution in [1.29, 1.82) is 0 Å². The predicted octanol–water partition coefficient (Wildman–Crippen LogP) is 0.977. The monoisotopic (exact) mass is 407 g/mol. The molecular formula is C22H30FNO5. The number of hydrogen-bond donors (Lipinski definition) is 4. The Bertz CT molecular complexity index is 826. The van der Waals surface area contributed by atoms with Gasteiger partial charge < -0.3 is 21.1 Å². The first kappa shape index (κ1) is 20.8. The van der Waals surface area contributed by atoms with Gasteiger partial charge >= 0.3 is 0 Å². The van der Waals surface area contributed by atoms with Crippen molar-refractivity contribution in [2.45, 2.75) is 69.4 Å². The van der Waals surface area contributed by atoms with Crippen molar-refractivity contribution in [3.63, 3.8) is 0 Å². The number of Topliss-reactive ketones (excluding diaryl/α,β-unsaturated/α-hetero) is 1. The minimum absolute atomic E-state index is 0.0609.